The molecule has 0 aromatic heterocycles. The smallest absolute Gasteiger partial charge is 0.307 e. The summed E-state index contributed by atoms with van der Waals surface area (Å²) in [6, 6.07) is 0.841. The van der Waals surface area contributed by atoms with E-state index in [4.69, 9.17) is 5.11 Å². The van der Waals surface area contributed by atoms with Crippen molar-refractivity contribution in [1.82, 2.24) is 0 Å². The second kappa shape index (κ2) is 5.73. The van der Waals surface area contributed by atoms with Crippen molar-refractivity contribution in [3.8, 4) is 0 Å². The molecule has 1 aromatic carbocycles. The largest absolute Gasteiger partial charge is 0.481 e. The third-order valence-corrected chi connectivity index (χ3v) is 2.81. The highest BCUT2D eigenvalue weighted by Crippen LogP contribution is 2.22. The molecule has 0 bridgehead atoms. The van der Waals surface area contributed by atoms with Crippen molar-refractivity contribution in [1.29, 1.82) is 0 Å². The molecule has 0 aliphatic heterocycles. The van der Waals surface area contributed by atoms with Crippen molar-refractivity contribution in [3.05, 3.63) is 29.6 Å². The second-order valence-electron chi connectivity index (χ2n) is 4.15. The predicted molar refractivity (Wildman–Crippen MR) is 60.9 cm³/mol. The van der Waals surface area contributed by atoms with Crippen LogP contribution in [0, 0.1) is 29.3 Å². The Kier molecular flexibility index (Phi) is 4.52. The molecule has 0 saturated heterocycles. The summed E-state index contributed by atoms with van der Waals surface area (Å²) < 4.78 is 39.2. The Morgan fingerprint density at radius 3 is 2.00 bits per heavy atom. The first-order valence-corrected chi connectivity index (χ1v) is 5.42. The van der Waals surface area contributed by atoms with E-state index in [1.807, 2.05) is 5.32 Å². The fraction of sp³-hybridized carbons (Fsp3) is 0.333. The zero-order valence-corrected chi connectivity index (χ0v) is 10.2. The zero-order valence-electron chi connectivity index (χ0n) is 10.2. The predicted octanol–water partition coefficient (Wildman–Crippen LogP) is 2.40. The van der Waals surface area contributed by atoms with E-state index in [9.17, 15) is 22.8 Å². The Balaban J connectivity index is 2.92. The molecule has 0 spiro atoms. The third kappa shape index (κ3) is 3.46. The van der Waals surface area contributed by atoms with E-state index in [0.717, 1.165) is 0 Å². The fourth-order valence-corrected chi connectivity index (χ4v) is 1.34. The number of nitrogens with one attached hydrogen (secondary N) is 1. The number of carboxylic acids is 1. The molecular formula is C12H12F3NO3. The molecule has 0 heterocycles. The van der Waals surface area contributed by atoms with Gasteiger partial charge in [0.1, 0.15) is 11.5 Å². The van der Waals surface area contributed by atoms with Gasteiger partial charge in [-0.3, -0.25) is 9.59 Å². The monoisotopic (exact) mass is 275 g/mol. The number of benzene rings is 1. The zero-order chi connectivity index (χ0) is 14.7. The average Bonchev–Trinajstić information content (AvgIpc) is 2.31. The molecule has 0 saturated carbocycles. The maximum Gasteiger partial charge on any atom is 0.307 e. The minimum Gasteiger partial charge on any atom is -0.481 e. The van der Waals surface area contributed by atoms with E-state index in [1.165, 1.54) is 13.8 Å². The van der Waals surface area contributed by atoms with Gasteiger partial charge in [0.2, 0.25) is 5.91 Å². The average molecular weight is 275 g/mol. The van der Waals surface area contributed by atoms with Crippen LogP contribution in [-0.4, -0.2) is 17.0 Å². The number of hydrogen-bond acceptors (Lipinski definition) is 2. The molecule has 1 rings (SSSR count). The Morgan fingerprint density at radius 1 is 1.11 bits per heavy atom. The minimum absolute atomic E-state index is 0.421. The number of carboxylic acid groups (broad SMARTS) is 1. The summed E-state index contributed by atoms with van der Waals surface area (Å²) in [4.78, 5) is 22.3. The maximum absolute atomic E-state index is 13.3. The van der Waals surface area contributed by atoms with Gasteiger partial charge in [0.05, 0.1) is 5.92 Å². The van der Waals surface area contributed by atoms with Gasteiger partial charge < -0.3 is 10.4 Å². The van der Waals surface area contributed by atoms with Gasteiger partial charge >= 0.3 is 5.97 Å². The third-order valence-electron chi connectivity index (χ3n) is 2.81. The Bertz CT molecular complexity index is 496. The first kappa shape index (κ1) is 15.0. The van der Waals surface area contributed by atoms with Crippen molar-refractivity contribution in [2.75, 3.05) is 5.32 Å². The molecule has 1 amide bonds. The maximum atomic E-state index is 13.3. The molecule has 0 aliphatic rings. The van der Waals surface area contributed by atoms with Crippen LogP contribution in [0.3, 0.4) is 0 Å². The van der Waals surface area contributed by atoms with Crippen LogP contribution >= 0.6 is 0 Å². The standard InChI is InChI=1S/C12H12F3NO3/c1-5(6(2)12(18)19)11(17)16-10-8(14)3-7(13)4-9(10)15/h3-6H,1-2H3,(H,16,17)(H,18,19). The molecule has 7 heteroatoms. The number of carbonyl (C=O) groups is 2. The highest BCUT2D eigenvalue weighted by molar-refractivity contribution is 5.94. The summed E-state index contributed by atoms with van der Waals surface area (Å²) >= 11 is 0. The summed E-state index contributed by atoms with van der Waals surface area (Å²) in [6.45, 7) is 2.61. The van der Waals surface area contributed by atoms with Crippen LogP contribution in [0.2, 0.25) is 0 Å². The molecule has 2 N–H and O–H groups in total. The first-order valence-electron chi connectivity index (χ1n) is 5.42. The second-order valence-corrected chi connectivity index (χ2v) is 4.15. The number of halogens is 3. The molecule has 0 aliphatic carbocycles. The topological polar surface area (TPSA) is 66.4 Å². The Labute approximate surface area is 107 Å². The summed E-state index contributed by atoms with van der Waals surface area (Å²) in [6.07, 6.45) is 0. The van der Waals surface area contributed by atoms with E-state index in [-0.39, 0.29) is 0 Å². The van der Waals surface area contributed by atoms with Crippen LogP contribution in [0.5, 0.6) is 0 Å². The lowest BCUT2D eigenvalue weighted by atomic mass is 9.95. The SMILES string of the molecule is CC(C(=O)O)C(C)C(=O)Nc1c(F)cc(F)cc1F. The van der Waals surface area contributed by atoms with Crippen molar-refractivity contribution < 1.29 is 27.9 Å². The minimum atomic E-state index is -1.26. The molecule has 4 nitrogen and oxygen atoms in total. The first-order chi connectivity index (χ1) is 8.73. The van der Waals surface area contributed by atoms with E-state index >= 15 is 0 Å². The molecule has 104 valence electrons. The Hall–Kier alpha value is -2.05. The molecule has 0 fully saturated rings. The lowest BCUT2D eigenvalue weighted by Crippen LogP contribution is -2.30. The molecular weight excluding hydrogens is 263 g/mol. The van der Waals surface area contributed by atoms with Gasteiger partial charge in [0.25, 0.3) is 0 Å². The molecule has 0 radical (unpaired) electrons. The normalized spacial score (nSPS) is 13.7. The van der Waals surface area contributed by atoms with Crippen LogP contribution in [0.4, 0.5) is 18.9 Å². The van der Waals surface area contributed by atoms with Gasteiger partial charge in [-0.25, -0.2) is 13.2 Å². The van der Waals surface area contributed by atoms with Crippen molar-refractivity contribution >= 4 is 17.6 Å². The van der Waals surface area contributed by atoms with Gasteiger partial charge in [-0.15, -0.1) is 0 Å². The highest BCUT2D eigenvalue weighted by atomic mass is 19.1. The highest BCUT2D eigenvalue weighted by Gasteiger charge is 2.27. The van der Waals surface area contributed by atoms with E-state index in [2.05, 4.69) is 0 Å². The fourth-order valence-electron chi connectivity index (χ4n) is 1.34. The van der Waals surface area contributed by atoms with E-state index < -0.39 is 46.9 Å². The van der Waals surface area contributed by atoms with Crippen molar-refractivity contribution in [3.63, 3.8) is 0 Å². The van der Waals surface area contributed by atoms with Crippen LogP contribution in [0.1, 0.15) is 13.8 Å². The van der Waals surface area contributed by atoms with Gasteiger partial charge in [-0.1, -0.05) is 13.8 Å². The van der Waals surface area contributed by atoms with Crippen LogP contribution in [0.15, 0.2) is 12.1 Å². The molecule has 19 heavy (non-hydrogen) atoms. The summed E-state index contributed by atoms with van der Waals surface area (Å²) in [5, 5.41) is 10.7. The number of amides is 1. The quantitative estimate of drug-likeness (QED) is 0.886. The number of rotatable bonds is 4. The number of anilines is 1. The molecule has 1 aromatic rings. The van der Waals surface area contributed by atoms with Gasteiger partial charge in [-0.2, -0.15) is 0 Å². The van der Waals surface area contributed by atoms with Crippen LogP contribution in [-0.2, 0) is 9.59 Å². The number of carbonyl (C=O) groups excluding carboxylic acids is 1. The molecule has 2 unspecified atom stereocenters. The lowest BCUT2D eigenvalue weighted by Gasteiger charge is -2.16. The van der Waals surface area contributed by atoms with E-state index in [0.29, 0.717) is 12.1 Å². The number of aliphatic carboxylic acids is 1. The van der Waals surface area contributed by atoms with Gasteiger partial charge in [0, 0.05) is 18.1 Å². The Morgan fingerprint density at radius 2 is 1.58 bits per heavy atom. The number of hydrogen-bond donors (Lipinski definition) is 2. The lowest BCUT2D eigenvalue weighted by molar-refractivity contribution is -0.145. The summed E-state index contributed by atoms with van der Waals surface area (Å²) in [5.74, 6) is -7.73. The molecule has 2 atom stereocenters. The van der Waals surface area contributed by atoms with Gasteiger partial charge in [0.15, 0.2) is 11.6 Å². The van der Waals surface area contributed by atoms with Crippen molar-refractivity contribution in [2.24, 2.45) is 11.8 Å². The summed E-state index contributed by atoms with van der Waals surface area (Å²) in [7, 11) is 0. The summed E-state index contributed by atoms with van der Waals surface area (Å²) in [5.41, 5.74) is -0.796. The van der Waals surface area contributed by atoms with E-state index in [1.54, 1.807) is 0 Å². The van der Waals surface area contributed by atoms with Crippen molar-refractivity contribution in [2.45, 2.75) is 13.8 Å². The van der Waals surface area contributed by atoms with Crippen LogP contribution in [0.25, 0.3) is 0 Å². The van der Waals surface area contributed by atoms with Crippen LogP contribution < -0.4 is 5.32 Å². The van der Waals surface area contributed by atoms with Gasteiger partial charge in [-0.05, 0) is 0 Å².